The van der Waals surface area contributed by atoms with Gasteiger partial charge in [-0.2, -0.15) is 0 Å². The van der Waals surface area contributed by atoms with E-state index in [1.54, 1.807) is 0 Å². The molecule has 3 nitrogen and oxygen atoms in total. The summed E-state index contributed by atoms with van der Waals surface area (Å²) in [5.74, 6) is 1.06. The fourth-order valence-electron chi connectivity index (χ4n) is 5.82. The molecule has 0 spiro atoms. The van der Waals surface area contributed by atoms with Crippen LogP contribution in [0.1, 0.15) is 11.1 Å². The molecule has 7 rings (SSSR count). The van der Waals surface area contributed by atoms with Crippen LogP contribution in [-0.4, -0.2) is 34.4 Å². The second-order valence-electron chi connectivity index (χ2n) is 9.82. The van der Waals surface area contributed by atoms with Gasteiger partial charge in [-0.1, -0.05) is 78.9 Å². The van der Waals surface area contributed by atoms with Crippen LogP contribution in [0.4, 0.5) is 0 Å². The number of amidine groups is 1. The van der Waals surface area contributed by atoms with Crippen molar-refractivity contribution in [3.8, 4) is 16.8 Å². The highest BCUT2D eigenvalue weighted by molar-refractivity contribution is 6.09. The summed E-state index contributed by atoms with van der Waals surface area (Å²) in [5.41, 5.74) is 8.46. The van der Waals surface area contributed by atoms with Crippen LogP contribution in [0.25, 0.3) is 38.6 Å². The van der Waals surface area contributed by atoms with Crippen LogP contribution in [0, 0.1) is 6.92 Å². The third kappa shape index (κ3) is 3.24. The minimum absolute atomic E-state index is 0.192. The molecule has 0 fully saturated rings. The van der Waals surface area contributed by atoms with Crippen molar-refractivity contribution in [3.63, 3.8) is 0 Å². The van der Waals surface area contributed by atoms with Gasteiger partial charge in [0.15, 0.2) is 0 Å². The van der Waals surface area contributed by atoms with E-state index in [-0.39, 0.29) is 6.04 Å². The number of aliphatic imine (C=N–C) groups is 1. The normalized spacial score (nSPS) is 18.7. The number of hydrogen-bond donors (Lipinski definition) is 0. The molecule has 0 bridgehead atoms. The van der Waals surface area contributed by atoms with E-state index in [2.05, 4.69) is 139 Å². The Morgan fingerprint density at radius 1 is 0.667 bits per heavy atom. The van der Waals surface area contributed by atoms with Gasteiger partial charge in [-0.3, -0.25) is 4.99 Å². The molecule has 0 saturated heterocycles. The maximum atomic E-state index is 5.06. The molecule has 2 unspecified atom stereocenters. The van der Waals surface area contributed by atoms with Crippen LogP contribution in [0.2, 0.25) is 0 Å². The zero-order valence-corrected chi connectivity index (χ0v) is 20.5. The van der Waals surface area contributed by atoms with Gasteiger partial charge in [0.05, 0.1) is 23.1 Å². The number of fused-ring (bicyclic) bond motifs is 4. The molecular weight excluding hydrogens is 438 g/mol. The van der Waals surface area contributed by atoms with Crippen molar-refractivity contribution in [2.24, 2.45) is 4.99 Å². The molecule has 2 aliphatic rings. The van der Waals surface area contributed by atoms with Gasteiger partial charge in [-0.25, -0.2) is 0 Å². The zero-order valence-electron chi connectivity index (χ0n) is 20.5. The molecule has 5 aromatic rings. The monoisotopic (exact) mass is 465 g/mol. The highest BCUT2D eigenvalue weighted by Gasteiger charge is 2.32. The Morgan fingerprint density at radius 3 is 2.11 bits per heavy atom. The summed E-state index contributed by atoms with van der Waals surface area (Å²) in [4.78, 5) is 7.37. The zero-order chi connectivity index (χ0) is 24.2. The molecule has 4 aromatic carbocycles. The molecule has 174 valence electrons. The Bertz CT molecular complexity index is 1680. The van der Waals surface area contributed by atoms with E-state index in [1.165, 1.54) is 49.7 Å². The number of para-hydroxylation sites is 2. The van der Waals surface area contributed by atoms with E-state index in [4.69, 9.17) is 4.99 Å². The molecule has 36 heavy (non-hydrogen) atoms. The van der Waals surface area contributed by atoms with Gasteiger partial charge in [0, 0.05) is 29.1 Å². The lowest BCUT2D eigenvalue weighted by Crippen LogP contribution is -2.35. The molecule has 2 atom stereocenters. The first-order chi connectivity index (χ1) is 17.7. The third-order valence-electron chi connectivity index (χ3n) is 7.48. The number of nitrogens with zero attached hydrogens (tertiary/aromatic N) is 3. The van der Waals surface area contributed by atoms with Gasteiger partial charge in [0.1, 0.15) is 5.84 Å². The number of hydrogen-bond acceptors (Lipinski definition) is 2. The lowest BCUT2D eigenvalue weighted by atomic mass is 9.99. The van der Waals surface area contributed by atoms with E-state index >= 15 is 0 Å². The first-order valence-corrected chi connectivity index (χ1v) is 12.5. The summed E-state index contributed by atoms with van der Waals surface area (Å²) in [6.07, 6.45) is 8.66. The summed E-state index contributed by atoms with van der Waals surface area (Å²) in [6, 6.07) is 33.5. The van der Waals surface area contributed by atoms with Crippen LogP contribution >= 0.6 is 0 Å². The summed E-state index contributed by atoms with van der Waals surface area (Å²) in [5, 5.41) is 2.56. The van der Waals surface area contributed by atoms with E-state index in [0.717, 1.165) is 5.84 Å². The Balaban J connectivity index is 1.35. The van der Waals surface area contributed by atoms with Crippen LogP contribution in [0.3, 0.4) is 0 Å². The standard InChI is InChI=1S/C33H27N3/c1-22-18-24(20-25(19-22)33-34-29-14-5-8-17-32(29)35(33)2)23-10-9-11-26(21-23)36-30-15-6-3-12-27(30)28-13-4-7-16-31(28)36/h3-21,29,32H,1-2H3. The molecule has 1 aliphatic heterocycles. The SMILES string of the molecule is Cc1cc(C2=NC3C=CC=CC3N2C)cc(-c2cccc(-n3c4ccccc4c4ccccc43)c2)c1. The van der Waals surface area contributed by atoms with Crippen molar-refractivity contribution in [2.45, 2.75) is 19.0 Å². The smallest absolute Gasteiger partial charge is 0.131 e. The molecule has 1 aliphatic carbocycles. The average molecular weight is 466 g/mol. The number of aromatic nitrogens is 1. The van der Waals surface area contributed by atoms with Gasteiger partial charge in [0.25, 0.3) is 0 Å². The van der Waals surface area contributed by atoms with Crippen molar-refractivity contribution in [1.29, 1.82) is 0 Å². The quantitative estimate of drug-likeness (QED) is 0.273. The molecule has 3 heteroatoms. The Hall–Kier alpha value is -4.37. The lowest BCUT2D eigenvalue weighted by Gasteiger charge is -2.24. The number of benzene rings is 4. The summed E-state index contributed by atoms with van der Waals surface area (Å²) in [6.45, 7) is 2.17. The van der Waals surface area contributed by atoms with Gasteiger partial charge >= 0.3 is 0 Å². The Morgan fingerprint density at radius 2 is 1.36 bits per heavy atom. The largest absolute Gasteiger partial charge is 0.351 e. The number of aryl methyl sites for hydroxylation is 1. The Kier molecular flexibility index (Phi) is 4.71. The minimum Gasteiger partial charge on any atom is -0.351 e. The fourth-order valence-corrected chi connectivity index (χ4v) is 5.82. The highest BCUT2D eigenvalue weighted by atomic mass is 15.3. The van der Waals surface area contributed by atoms with Crippen LogP contribution < -0.4 is 0 Å². The van der Waals surface area contributed by atoms with Gasteiger partial charge in [0.2, 0.25) is 0 Å². The highest BCUT2D eigenvalue weighted by Crippen LogP contribution is 2.34. The van der Waals surface area contributed by atoms with E-state index in [1.807, 2.05) is 0 Å². The fraction of sp³-hybridized carbons (Fsp3) is 0.121. The van der Waals surface area contributed by atoms with Crippen molar-refractivity contribution in [1.82, 2.24) is 9.47 Å². The summed E-state index contributed by atoms with van der Waals surface area (Å²) >= 11 is 0. The molecule has 0 amide bonds. The maximum Gasteiger partial charge on any atom is 0.131 e. The van der Waals surface area contributed by atoms with Crippen LogP contribution in [-0.2, 0) is 0 Å². The second-order valence-corrected chi connectivity index (χ2v) is 9.82. The predicted molar refractivity (Wildman–Crippen MR) is 151 cm³/mol. The molecule has 2 heterocycles. The van der Waals surface area contributed by atoms with Crippen LogP contribution in [0.5, 0.6) is 0 Å². The van der Waals surface area contributed by atoms with Crippen LogP contribution in [0.15, 0.2) is 120 Å². The van der Waals surface area contributed by atoms with Gasteiger partial charge in [-0.15, -0.1) is 0 Å². The topological polar surface area (TPSA) is 20.5 Å². The number of allylic oxidation sites excluding steroid dienone is 2. The molecule has 0 N–H and O–H groups in total. The van der Waals surface area contributed by atoms with Crippen molar-refractivity contribution >= 4 is 27.6 Å². The number of likely N-dealkylation sites (N-methyl/N-ethyl adjacent to an activating group) is 1. The van der Waals surface area contributed by atoms with E-state index in [0.29, 0.717) is 6.04 Å². The molecular formula is C33H27N3. The molecule has 0 radical (unpaired) electrons. The predicted octanol–water partition coefficient (Wildman–Crippen LogP) is 7.31. The second kappa shape index (κ2) is 8.10. The van der Waals surface area contributed by atoms with Gasteiger partial charge in [-0.05, 0) is 60.0 Å². The first-order valence-electron chi connectivity index (χ1n) is 12.5. The third-order valence-corrected chi connectivity index (χ3v) is 7.48. The molecule has 1 aromatic heterocycles. The Labute approximate surface area is 211 Å². The summed E-state index contributed by atoms with van der Waals surface area (Å²) in [7, 11) is 2.15. The maximum absolute atomic E-state index is 5.06. The first kappa shape index (κ1) is 21.0. The lowest BCUT2D eigenvalue weighted by molar-refractivity contribution is 0.437. The van der Waals surface area contributed by atoms with Gasteiger partial charge < -0.3 is 9.47 Å². The molecule has 0 saturated carbocycles. The van der Waals surface area contributed by atoms with Crippen molar-refractivity contribution in [3.05, 3.63) is 126 Å². The van der Waals surface area contributed by atoms with Crippen molar-refractivity contribution in [2.75, 3.05) is 7.05 Å². The van der Waals surface area contributed by atoms with Crippen molar-refractivity contribution < 1.29 is 0 Å². The summed E-state index contributed by atoms with van der Waals surface area (Å²) < 4.78 is 2.38. The average Bonchev–Trinajstić information content (AvgIpc) is 3.44. The van der Waals surface area contributed by atoms with E-state index in [9.17, 15) is 0 Å². The van der Waals surface area contributed by atoms with E-state index < -0.39 is 0 Å². The number of rotatable bonds is 3. The minimum atomic E-state index is 0.192.